The molecule has 0 spiro atoms. The SMILES string of the molecule is COc1cc(C=O)c(Br)c(Br)c1OCc1ccccc1. The van der Waals surface area contributed by atoms with Crippen molar-refractivity contribution in [1.82, 2.24) is 0 Å². The third-order valence-corrected chi connectivity index (χ3v) is 4.87. The Morgan fingerprint density at radius 1 is 1.15 bits per heavy atom. The van der Waals surface area contributed by atoms with Crippen LogP contribution in [0, 0.1) is 0 Å². The van der Waals surface area contributed by atoms with Gasteiger partial charge in [-0.1, -0.05) is 30.3 Å². The van der Waals surface area contributed by atoms with Crippen LogP contribution < -0.4 is 9.47 Å². The molecule has 104 valence electrons. The molecule has 0 N–H and O–H groups in total. The van der Waals surface area contributed by atoms with Gasteiger partial charge in [-0.25, -0.2) is 0 Å². The van der Waals surface area contributed by atoms with E-state index in [1.807, 2.05) is 30.3 Å². The summed E-state index contributed by atoms with van der Waals surface area (Å²) in [6, 6.07) is 11.5. The minimum atomic E-state index is 0.419. The predicted octanol–water partition coefficient (Wildman–Crippen LogP) is 4.61. The third-order valence-electron chi connectivity index (χ3n) is 2.73. The molecule has 0 radical (unpaired) electrons. The van der Waals surface area contributed by atoms with Gasteiger partial charge in [0.05, 0.1) is 11.6 Å². The molecule has 2 aromatic rings. The number of hydrogen-bond acceptors (Lipinski definition) is 3. The Morgan fingerprint density at radius 3 is 2.45 bits per heavy atom. The Morgan fingerprint density at radius 2 is 1.85 bits per heavy atom. The first-order valence-corrected chi connectivity index (χ1v) is 7.44. The van der Waals surface area contributed by atoms with Crippen molar-refractivity contribution in [2.45, 2.75) is 6.61 Å². The van der Waals surface area contributed by atoms with Gasteiger partial charge in [0.2, 0.25) is 0 Å². The van der Waals surface area contributed by atoms with E-state index in [2.05, 4.69) is 31.9 Å². The number of hydrogen-bond donors (Lipinski definition) is 0. The zero-order valence-electron chi connectivity index (χ0n) is 10.7. The van der Waals surface area contributed by atoms with Crippen LogP contribution in [-0.4, -0.2) is 13.4 Å². The van der Waals surface area contributed by atoms with Gasteiger partial charge in [-0.15, -0.1) is 0 Å². The molecule has 0 aliphatic rings. The summed E-state index contributed by atoms with van der Waals surface area (Å²) in [5, 5.41) is 0. The third kappa shape index (κ3) is 3.22. The van der Waals surface area contributed by atoms with Crippen molar-refractivity contribution in [2.24, 2.45) is 0 Å². The highest BCUT2D eigenvalue weighted by molar-refractivity contribution is 9.13. The summed E-state index contributed by atoms with van der Waals surface area (Å²) in [7, 11) is 1.54. The summed E-state index contributed by atoms with van der Waals surface area (Å²) in [5.74, 6) is 1.08. The quantitative estimate of drug-likeness (QED) is 0.688. The van der Waals surface area contributed by atoms with Crippen molar-refractivity contribution < 1.29 is 14.3 Å². The standard InChI is InChI=1S/C15H12Br2O3/c1-19-12-7-11(8-18)13(16)14(17)15(12)20-9-10-5-3-2-4-6-10/h2-8H,9H2,1H3. The van der Waals surface area contributed by atoms with Crippen LogP contribution in [-0.2, 0) is 6.61 Å². The lowest BCUT2D eigenvalue weighted by molar-refractivity contribution is 0.112. The molecule has 0 aliphatic carbocycles. The van der Waals surface area contributed by atoms with E-state index < -0.39 is 0 Å². The predicted molar refractivity (Wildman–Crippen MR) is 84.6 cm³/mol. The molecule has 0 saturated carbocycles. The Balaban J connectivity index is 2.31. The number of carbonyl (C=O) groups is 1. The zero-order chi connectivity index (χ0) is 14.5. The molecule has 0 unspecified atom stereocenters. The van der Waals surface area contributed by atoms with Gasteiger partial charge in [0.1, 0.15) is 6.61 Å². The highest BCUT2D eigenvalue weighted by Crippen LogP contribution is 2.42. The normalized spacial score (nSPS) is 10.2. The van der Waals surface area contributed by atoms with Gasteiger partial charge in [0, 0.05) is 10.0 Å². The summed E-state index contributed by atoms with van der Waals surface area (Å²) in [6.07, 6.45) is 0.762. The molecule has 20 heavy (non-hydrogen) atoms. The molecule has 3 nitrogen and oxygen atoms in total. The van der Waals surface area contributed by atoms with E-state index in [9.17, 15) is 4.79 Å². The first kappa shape index (κ1) is 15.1. The minimum absolute atomic E-state index is 0.419. The number of rotatable bonds is 5. The van der Waals surface area contributed by atoms with Gasteiger partial charge in [0.25, 0.3) is 0 Å². The molecule has 0 saturated heterocycles. The number of ether oxygens (including phenoxy) is 2. The molecule has 0 aliphatic heterocycles. The van der Waals surface area contributed by atoms with Gasteiger partial charge >= 0.3 is 0 Å². The Labute approximate surface area is 134 Å². The first-order valence-electron chi connectivity index (χ1n) is 5.85. The lowest BCUT2D eigenvalue weighted by Gasteiger charge is -2.14. The van der Waals surface area contributed by atoms with Gasteiger partial charge in [-0.3, -0.25) is 4.79 Å². The van der Waals surface area contributed by atoms with E-state index >= 15 is 0 Å². The van der Waals surface area contributed by atoms with Crippen LogP contribution in [0.1, 0.15) is 15.9 Å². The van der Waals surface area contributed by atoms with Crippen molar-refractivity contribution in [2.75, 3.05) is 7.11 Å². The topological polar surface area (TPSA) is 35.5 Å². The molecular formula is C15H12Br2O3. The van der Waals surface area contributed by atoms with Crippen LogP contribution in [0.5, 0.6) is 11.5 Å². The fourth-order valence-corrected chi connectivity index (χ4v) is 2.63. The highest BCUT2D eigenvalue weighted by Gasteiger charge is 2.16. The van der Waals surface area contributed by atoms with Crippen LogP contribution in [0.2, 0.25) is 0 Å². The zero-order valence-corrected chi connectivity index (χ0v) is 13.9. The number of halogens is 2. The molecule has 0 amide bonds. The highest BCUT2D eigenvalue weighted by atomic mass is 79.9. The number of carbonyl (C=O) groups excluding carboxylic acids is 1. The van der Waals surface area contributed by atoms with E-state index in [1.165, 1.54) is 0 Å². The van der Waals surface area contributed by atoms with Crippen LogP contribution >= 0.6 is 31.9 Å². The van der Waals surface area contributed by atoms with Gasteiger partial charge < -0.3 is 9.47 Å². The first-order chi connectivity index (χ1) is 9.67. The van der Waals surface area contributed by atoms with E-state index in [4.69, 9.17) is 9.47 Å². The molecule has 0 bridgehead atoms. The summed E-state index contributed by atoms with van der Waals surface area (Å²) >= 11 is 6.79. The van der Waals surface area contributed by atoms with Gasteiger partial charge in [-0.2, -0.15) is 0 Å². The Kier molecular flexibility index (Phi) is 5.20. The summed E-state index contributed by atoms with van der Waals surface area (Å²) in [4.78, 5) is 11.0. The van der Waals surface area contributed by atoms with E-state index in [1.54, 1.807) is 13.2 Å². The van der Waals surface area contributed by atoms with E-state index in [0.717, 1.165) is 11.8 Å². The lowest BCUT2D eigenvalue weighted by Crippen LogP contribution is -2.00. The molecule has 0 fully saturated rings. The fraction of sp³-hybridized carbons (Fsp3) is 0.133. The van der Waals surface area contributed by atoms with Crippen LogP contribution in [0.25, 0.3) is 0 Å². The average molecular weight is 400 g/mol. The summed E-state index contributed by atoms with van der Waals surface area (Å²) in [6.45, 7) is 0.419. The average Bonchev–Trinajstić information content (AvgIpc) is 2.49. The van der Waals surface area contributed by atoms with Crippen LogP contribution in [0.15, 0.2) is 45.3 Å². The molecule has 0 atom stereocenters. The minimum Gasteiger partial charge on any atom is -0.493 e. The number of methoxy groups -OCH3 is 1. The maximum absolute atomic E-state index is 11.0. The van der Waals surface area contributed by atoms with Crippen molar-refractivity contribution in [3.8, 4) is 11.5 Å². The largest absolute Gasteiger partial charge is 0.493 e. The lowest BCUT2D eigenvalue weighted by atomic mass is 10.2. The second-order valence-corrected chi connectivity index (χ2v) is 5.60. The van der Waals surface area contributed by atoms with Crippen molar-refractivity contribution >= 4 is 38.1 Å². The summed E-state index contributed by atoms with van der Waals surface area (Å²) < 4.78 is 12.4. The monoisotopic (exact) mass is 398 g/mol. The second-order valence-electron chi connectivity index (χ2n) is 4.02. The molecule has 0 aromatic heterocycles. The van der Waals surface area contributed by atoms with Gasteiger partial charge in [0.15, 0.2) is 17.8 Å². The van der Waals surface area contributed by atoms with Crippen molar-refractivity contribution in [3.63, 3.8) is 0 Å². The summed E-state index contributed by atoms with van der Waals surface area (Å²) in [5.41, 5.74) is 1.55. The van der Waals surface area contributed by atoms with Crippen molar-refractivity contribution in [3.05, 3.63) is 56.5 Å². The molecule has 2 aromatic carbocycles. The van der Waals surface area contributed by atoms with Crippen molar-refractivity contribution in [1.29, 1.82) is 0 Å². The van der Waals surface area contributed by atoms with Crippen LogP contribution in [0.4, 0.5) is 0 Å². The van der Waals surface area contributed by atoms with E-state index in [0.29, 0.717) is 32.6 Å². The molecule has 2 rings (SSSR count). The Bertz CT molecular complexity index is 612. The Hall–Kier alpha value is -1.33. The fourth-order valence-electron chi connectivity index (χ4n) is 1.71. The van der Waals surface area contributed by atoms with Crippen LogP contribution in [0.3, 0.4) is 0 Å². The molecule has 0 heterocycles. The number of benzene rings is 2. The molecule has 5 heteroatoms. The maximum atomic E-state index is 11.0. The number of aldehydes is 1. The smallest absolute Gasteiger partial charge is 0.177 e. The second kappa shape index (κ2) is 6.90. The van der Waals surface area contributed by atoms with E-state index in [-0.39, 0.29) is 0 Å². The van der Waals surface area contributed by atoms with Gasteiger partial charge in [-0.05, 0) is 43.5 Å². The maximum Gasteiger partial charge on any atom is 0.177 e. The molecular weight excluding hydrogens is 388 g/mol.